The van der Waals surface area contributed by atoms with E-state index in [1.807, 2.05) is 12.2 Å². The van der Waals surface area contributed by atoms with E-state index in [0.717, 1.165) is 5.57 Å². The molecule has 1 N–H and O–H groups in total. The van der Waals surface area contributed by atoms with Gasteiger partial charge in [-0.1, -0.05) is 23.8 Å². The number of imidazole rings is 1. The van der Waals surface area contributed by atoms with Gasteiger partial charge in [0.15, 0.2) is 0 Å². The van der Waals surface area contributed by atoms with Crippen molar-refractivity contribution in [2.75, 3.05) is 25.0 Å². The molecule has 2 atom stereocenters. The minimum absolute atomic E-state index is 0.113. The number of rotatable bonds is 4. The van der Waals surface area contributed by atoms with Gasteiger partial charge in [0, 0.05) is 32.1 Å². The van der Waals surface area contributed by atoms with Gasteiger partial charge in [-0.25, -0.2) is 9.78 Å². The lowest BCUT2D eigenvalue weighted by Crippen LogP contribution is -2.44. The number of nitrogens with zero attached hydrogens (tertiary/aromatic N) is 4. The van der Waals surface area contributed by atoms with Crippen molar-refractivity contribution in [2.24, 2.45) is 7.05 Å². The van der Waals surface area contributed by atoms with Crippen molar-refractivity contribution >= 4 is 41.0 Å². The number of hydrogen-bond donors (Lipinski definition) is 1. The molecule has 25 heavy (non-hydrogen) atoms. The zero-order valence-corrected chi connectivity index (χ0v) is 15.5. The standard InChI is InChI=1S/C16H19Cl2N5O2/c1-21-9-19-7-14(21)23-8-13(22(2)16(23)25)15(24)20-6-10-3-4-11(17)5-12(10)18/h3-4,7,9,11,13H,5-6,8H2,1-2H3,(H,20,24). The lowest BCUT2D eigenvalue weighted by Gasteiger charge is -2.19. The van der Waals surface area contributed by atoms with Gasteiger partial charge in [0.2, 0.25) is 5.91 Å². The Morgan fingerprint density at radius 2 is 2.20 bits per heavy atom. The first-order chi connectivity index (χ1) is 11.9. The molecule has 1 aliphatic heterocycles. The molecule has 0 radical (unpaired) electrons. The lowest BCUT2D eigenvalue weighted by atomic mass is 10.1. The summed E-state index contributed by atoms with van der Waals surface area (Å²) >= 11 is 12.2. The second-order valence-corrected chi connectivity index (χ2v) is 7.13. The Labute approximate surface area is 155 Å². The Morgan fingerprint density at radius 1 is 1.44 bits per heavy atom. The molecule has 1 saturated heterocycles. The smallest absolute Gasteiger partial charge is 0.326 e. The van der Waals surface area contributed by atoms with Gasteiger partial charge in [0.1, 0.15) is 11.9 Å². The summed E-state index contributed by atoms with van der Waals surface area (Å²) in [6.45, 7) is 0.578. The molecule has 2 aliphatic rings. The predicted molar refractivity (Wildman–Crippen MR) is 96.8 cm³/mol. The normalized spacial score (nSPS) is 23.6. The van der Waals surface area contributed by atoms with Crippen molar-refractivity contribution in [3.8, 4) is 0 Å². The summed E-state index contributed by atoms with van der Waals surface area (Å²) in [6, 6.07) is -0.807. The molecule has 0 spiro atoms. The predicted octanol–water partition coefficient (Wildman–Crippen LogP) is 1.84. The van der Waals surface area contributed by atoms with Gasteiger partial charge in [-0.2, -0.15) is 0 Å². The number of carbonyl (C=O) groups is 2. The first-order valence-electron chi connectivity index (χ1n) is 7.86. The number of hydrogen-bond acceptors (Lipinski definition) is 3. The number of nitrogens with one attached hydrogen (secondary N) is 1. The van der Waals surface area contributed by atoms with Crippen LogP contribution < -0.4 is 10.2 Å². The summed E-state index contributed by atoms with van der Waals surface area (Å²) in [5.74, 6) is 0.431. The lowest BCUT2D eigenvalue weighted by molar-refractivity contribution is -0.124. The van der Waals surface area contributed by atoms with Crippen LogP contribution in [-0.2, 0) is 11.8 Å². The summed E-state index contributed by atoms with van der Waals surface area (Å²) in [6.07, 6.45) is 7.45. The molecule has 1 aromatic rings. The van der Waals surface area contributed by atoms with E-state index in [1.54, 1.807) is 36.1 Å². The van der Waals surface area contributed by atoms with Gasteiger partial charge >= 0.3 is 6.03 Å². The molecule has 3 amide bonds. The molecule has 3 rings (SSSR count). The van der Waals surface area contributed by atoms with E-state index in [2.05, 4.69) is 10.3 Å². The number of amides is 3. The van der Waals surface area contributed by atoms with E-state index in [0.29, 0.717) is 23.8 Å². The zero-order chi connectivity index (χ0) is 18.1. The van der Waals surface area contributed by atoms with Crippen molar-refractivity contribution in [1.29, 1.82) is 0 Å². The van der Waals surface area contributed by atoms with Crippen molar-refractivity contribution in [2.45, 2.75) is 17.8 Å². The van der Waals surface area contributed by atoms with Crippen LogP contribution in [0.15, 0.2) is 35.3 Å². The number of aromatic nitrogens is 2. The summed E-state index contributed by atoms with van der Waals surface area (Å²) in [7, 11) is 3.42. The molecule has 2 heterocycles. The largest absolute Gasteiger partial charge is 0.350 e. The minimum atomic E-state index is -0.574. The highest BCUT2D eigenvalue weighted by Gasteiger charge is 2.40. The average Bonchev–Trinajstić information content (AvgIpc) is 3.11. The molecule has 2 unspecified atom stereocenters. The Balaban J connectivity index is 1.65. The van der Waals surface area contributed by atoms with Crippen LogP contribution in [0.25, 0.3) is 0 Å². The van der Waals surface area contributed by atoms with Crippen LogP contribution in [0, 0.1) is 0 Å². The summed E-state index contributed by atoms with van der Waals surface area (Å²) in [5, 5.41) is 3.39. The van der Waals surface area contributed by atoms with E-state index >= 15 is 0 Å². The van der Waals surface area contributed by atoms with Crippen LogP contribution in [0.4, 0.5) is 10.6 Å². The van der Waals surface area contributed by atoms with Gasteiger partial charge in [-0.05, 0) is 5.57 Å². The molecule has 1 fully saturated rings. The van der Waals surface area contributed by atoms with Gasteiger partial charge in [0.05, 0.1) is 24.4 Å². The number of carbonyl (C=O) groups excluding carboxylic acids is 2. The fourth-order valence-corrected chi connectivity index (χ4v) is 3.50. The number of allylic oxidation sites excluding steroid dienone is 2. The van der Waals surface area contributed by atoms with Crippen LogP contribution >= 0.6 is 23.2 Å². The monoisotopic (exact) mass is 383 g/mol. The van der Waals surface area contributed by atoms with E-state index < -0.39 is 6.04 Å². The van der Waals surface area contributed by atoms with Crippen LogP contribution in [0.3, 0.4) is 0 Å². The number of halogens is 2. The molecule has 0 aromatic carbocycles. The Bertz CT molecular complexity index is 757. The fraction of sp³-hybridized carbons (Fsp3) is 0.438. The summed E-state index contributed by atoms with van der Waals surface area (Å²) < 4.78 is 1.74. The molecule has 9 heteroatoms. The van der Waals surface area contributed by atoms with E-state index in [4.69, 9.17) is 23.2 Å². The highest BCUT2D eigenvalue weighted by Crippen LogP contribution is 2.26. The van der Waals surface area contributed by atoms with Crippen molar-refractivity contribution in [3.05, 3.63) is 35.3 Å². The number of likely N-dealkylation sites (N-methyl/N-ethyl adjacent to an activating group) is 1. The van der Waals surface area contributed by atoms with Crippen LogP contribution in [0.1, 0.15) is 6.42 Å². The molecule has 7 nitrogen and oxygen atoms in total. The Kier molecular flexibility index (Phi) is 5.06. The van der Waals surface area contributed by atoms with Crippen LogP contribution in [0.2, 0.25) is 0 Å². The number of urea groups is 1. The number of aryl methyl sites for hydroxylation is 1. The molecular formula is C16H19Cl2N5O2. The second-order valence-electron chi connectivity index (χ2n) is 6.11. The van der Waals surface area contributed by atoms with Crippen molar-refractivity contribution in [3.63, 3.8) is 0 Å². The van der Waals surface area contributed by atoms with Gasteiger partial charge in [-0.15, -0.1) is 11.6 Å². The SMILES string of the molecule is CN1C(=O)N(c2cncn2C)CC1C(=O)NCC1=C(Cl)CC(Cl)C=C1. The highest BCUT2D eigenvalue weighted by atomic mass is 35.5. The van der Waals surface area contributed by atoms with E-state index in [-0.39, 0.29) is 23.9 Å². The third-order valence-electron chi connectivity index (χ3n) is 4.41. The quantitative estimate of drug-likeness (QED) is 0.806. The zero-order valence-electron chi connectivity index (χ0n) is 13.9. The maximum absolute atomic E-state index is 12.5. The van der Waals surface area contributed by atoms with Crippen molar-refractivity contribution in [1.82, 2.24) is 19.8 Å². The molecule has 134 valence electrons. The number of alkyl halides is 1. The molecule has 0 bridgehead atoms. The average molecular weight is 384 g/mol. The molecule has 0 saturated carbocycles. The summed E-state index contributed by atoms with van der Waals surface area (Å²) in [4.78, 5) is 32.0. The first kappa shape index (κ1) is 17.8. The molecular weight excluding hydrogens is 365 g/mol. The maximum atomic E-state index is 12.5. The Hall–Kier alpha value is -1.99. The third-order valence-corrected chi connectivity index (χ3v) is 5.10. The van der Waals surface area contributed by atoms with Gasteiger partial charge < -0.3 is 14.8 Å². The fourth-order valence-electron chi connectivity index (χ4n) is 2.89. The van der Waals surface area contributed by atoms with Gasteiger partial charge in [-0.3, -0.25) is 9.69 Å². The minimum Gasteiger partial charge on any atom is -0.350 e. The Morgan fingerprint density at radius 3 is 2.84 bits per heavy atom. The molecule has 1 aromatic heterocycles. The van der Waals surface area contributed by atoms with Crippen LogP contribution in [0.5, 0.6) is 0 Å². The van der Waals surface area contributed by atoms with Crippen LogP contribution in [-0.4, -0.2) is 57.9 Å². The number of anilines is 1. The third kappa shape index (κ3) is 3.52. The van der Waals surface area contributed by atoms with Crippen molar-refractivity contribution < 1.29 is 9.59 Å². The molecule has 1 aliphatic carbocycles. The topological polar surface area (TPSA) is 70.5 Å². The highest BCUT2D eigenvalue weighted by molar-refractivity contribution is 6.31. The summed E-state index contributed by atoms with van der Waals surface area (Å²) in [5.41, 5.74) is 0.836. The van der Waals surface area contributed by atoms with Gasteiger partial charge in [0.25, 0.3) is 0 Å². The maximum Gasteiger partial charge on any atom is 0.326 e. The van der Waals surface area contributed by atoms with E-state index in [1.165, 1.54) is 4.90 Å². The second kappa shape index (κ2) is 7.09. The first-order valence-corrected chi connectivity index (χ1v) is 8.68. The van der Waals surface area contributed by atoms with E-state index in [9.17, 15) is 9.59 Å².